The number of fused-ring (bicyclic) bond motifs is 1. The number of halogens is 3. The van der Waals surface area contributed by atoms with E-state index in [-0.39, 0.29) is 5.70 Å². The Morgan fingerprint density at radius 2 is 1.73 bits per heavy atom. The van der Waals surface area contributed by atoms with E-state index < -0.39 is 11.0 Å². The molecule has 0 N–H and O–H groups in total. The van der Waals surface area contributed by atoms with Crippen molar-refractivity contribution in [1.29, 1.82) is 0 Å². The maximum Gasteiger partial charge on any atom is 0.291 e. The van der Waals surface area contributed by atoms with E-state index in [1.807, 2.05) is 0 Å². The second-order valence-corrected chi connectivity index (χ2v) is 5.95. The molecule has 0 amide bonds. The minimum atomic E-state index is -0.909. The Labute approximate surface area is 141 Å². The normalized spacial score (nSPS) is 16.5. The molecule has 4 nitrogen and oxygen atoms in total. The molecular formula is C15H8Cl3NO3. The molecule has 0 unspecified atom stereocenters. The molecule has 1 atom stereocenters. The number of benzene rings is 2. The molecule has 2 aromatic rings. The van der Waals surface area contributed by atoms with E-state index in [1.165, 1.54) is 12.1 Å². The van der Waals surface area contributed by atoms with Gasteiger partial charge in [-0.2, -0.15) is 0 Å². The fraction of sp³-hybridized carbons (Fsp3) is 0.0667. The number of nitro groups is 1. The lowest BCUT2D eigenvalue weighted by atomic mass is 10.0. The van der Waals surface area contributed by atoms with Crippen LogP contribution in [0.4, 0.5) is 0 Å². The second kappa shape index (κ2) is 5.80. The van der Waals surface area contributed by atoms with Gasteiger partial charge in [0.15, 0.2) is 0 Å². The molecule has 0 aromatic heterocycles. The lowest BCUT2D eigenvalue weighted by Gasteiger charge is -2.23. The average Bonchev–Trinajstić information content (AvgIpc) is 2.46. The van der Waals surface area contributed by atoms with E-state index in [0.717, 1.165) is 0 Å². The zero-order valence-corrected chi connectivity index (χ0v) is 13.2. The molecule has 0 radical (unpaired) electrons. The van der Waals surface area contributed by atoms with Crippen LogP contribution >= 0.6 is 34.8 Å². The molecule has 112 valence electrons. The van der Waals surface area contributed by atoms with Crippen LogP contribution in [-0.4, -0.2) is 4.92 Å². The summed E-state index contributed by atoms with van der Waals surface area (Å²) in [5.74, 6) is 0.506. The predicted molar refractivity (Wildman–Crippen MR) is 86.3 cm³/mol. The minimum Gasteiger partial charge on any atom is -0.474 e. The Kier molecular flexibility index (Phi) is 4.00. The lowest BCUT2D eigenvalue weighted by Crippen LogP contribution is -2.20. The van der Waals surface area contributed by atoms with Crippen LogP contribution in [0, 0.1) is 10.1 Å². The first-order chi connectivity index (χ1) is 10.5. The number of ether oxygens (including phenoxy) is 1. The van der Waals surface area contributed by atoms with Gasteiger partial charge in [0.05, 0.1) is 4.92 Å². The summed E-state index contributed by atoms with van der Waals surface area (Å²) in [6.07, 6.45) is 0.536. The van der Waals surface area contributed by atoms with Crippen molar-refractivity contribution in [2.45, 2.75) is 6.10 Å². The van der Waals surface area contributed by atoms with Gasteiger partial charge in [-0.3, -0.25) is 10.1 Å². The fourth-order valence-electron chi connectivity index (χ4n) is 2.25. The SMILES string of the molecule is O=[N+]([O-])C1=Cc2cc(Cl)ccc2O[C@H]1c1ccc(Cl)cc1Cl. The molecule has 7 heteroatoms. The van der Waals surface area contributed by atoms with Crippen molar-refractivity contribution in [1.82, 2.24) is 0 Å². The van der Waals surface area contributed by atoms with Crippen LogP contribution in [0.2, 0.25) is 15.1 Å². The number of hydrogen-bond acceptors (Lipinski definition) is 3. The van der Waals surface area contributed by atoms with E-state index in [1.54, 1.807) is 30.3 Å². The highest BCUT2D eigenvalue weighted by Crippen LogP contribution is 2.41. The summed E-state index contributed by atoms with van der Waals surface area (Å²) in [5.41, 5.74) is 0.925. The van der Waals surface area contributed by atoms with Gasteiger partial charge in [0.25, 0.3) is 5.70 Å². The van der Waals surface area contributed by atoms with Crippen LogP contribution in [-0.2, 0) is 0 Å². The molecule has 1 aliphatic rings. The largest absolute Gasteiger partial charge is 0.474 e. The molecule has 0 bridgehead atoms. The van der Waals surface area contributed by atoms with Crippen molar-refractivity contribution in [3.05, 3.63) is 78.4 Å². The molecule has 22 heavy (non-hydrogen) atoms. The summed E-state index contributed by atoms with van der Waals surface area (Å²) in [6, 6.07) is 9.69. The molecule has 1 heterocycles. The van der Waals surface area contributed by atoms with Crippen molar-refractivity contribution in [2.24, 2.45) is 0 Å². The van der Waals surface area contributed by atoms with Crippen molar-refractivity contribution >= 4 is 40.9 Å². The van der Waals surface area contributed by atoms with Gasteiger partial charge in [0, 0.05) is 32.3 Å². The van der Waals surface area contributed by atoms with E-state index in [4.69, 9.17) is 39.5 Å². The van der Waals surface area contributed by atoms with Crippen molar-refractivity contribution < 1.29 is 9.66 Å². The first-order valence-corrected chi connectivity index (χ1v) is 7.36. The summed E-state index contributed by atoms with van der Waals surface area (Å²) < 4.78 is 5.77. The molecular weight excluding hydrogens is 349 g/mol. The first-order valence-electron chi connectivity index (χ1n) is 6.23. The number of nitrogens with zero attached hydrogens (tertiary/aromatic N) is 1. The van der Waals surface area contributed by atoms with Crippen LogP contribution in [0.5, 0.6) is 5.75 Å². The van der Waals surface area contributed by atoms with Gasteiger partial charge in [-0.05, 0) is 30.3 Å². The lowest BCUT2D eigenvalue weighted by molar-refractivity contribution is -0.434. The van der Waals surface area contributed by atoms with Crippen LogP contribution in [0.1, 0.15) is 17.2 Å². The maximum atomic E-state index is 11.4. The molecule has 0 saturated heterocycles. The third-order valence-electron chi connectivity index (χ3n) is 3.24. The van der Waals surface area contributed by atoms with Crippen molar-refractivity contribution in [2.75, 3.05) is 0 Å². The Morgan fingerprint density at radius 3 is 2.41 bits per heavy atom. The van der Waals surface area contributed by atoms with E-state index >= 15 is 0 Å². The average molecular weight is 357 g/mol. The van der Waals surface area contributed by atoms with Gasteiger partial charge < -0.3 is 4.74 Å². The molecule has 0 fully saturated rings. The molecule has 0 aliphatic carbocycles. The minimum absolute atomic E-state index is 0.112. The third kappa shape index (κ3) is 2.77. The highest BCUT2D eigenvalue weighted by atomic mass is 35.5. The van der Waals surface area contributed by atoms with Gasteiger partial charge in [0.1, 0.15) is 5.75 Å². The highest BCUT2D eigenvalue weighted by Gasteiger charge is 2.34. The van der Waals surface area contributed by atoms with Crippen LogP contribution in [0.15, 0.2) is 42.1 Å². The Morgan fingerprint density at radius 1 is 1.05 bits per heavy atom. The molecule has 1 aliphatic heterocycles. The number of hydrogen-bond donors (Lipinski definition) is 0. The molecule has 0 spiro atoms. The van der Waals surface area contributed by atoms with Gasteiger partial charge in [-0.15, -0.1) is 0 Å². The van der Waals surface area contributed by atoms with Crippen LogP contribution in [0.25, 0.3) is 6.08 Å². The van der Waals surface area contributed by atoms with Crippen molar-refractivity contribution in [3.8, 4) is 5.75 Å². The van der Waals surface area contributed by atoms with Crippen molar-refractivity contribution in [3.63, 3.8) is 0 Å². The molecule has 0 saturated carbocycles. The monoisotopic (exact) mass is 355 g/mol. The Bertz CT molecular complexity index is 805. The fourth-order valence-corrected chi connectivity index (χ4v) is 2.94. The molecule has 2 aromatic carbocycles. The molecule has 3 rings (SSSR count). The quantitative estimate of drug-likeness (QED) is 0.535. The summed E-state index contributed by atoms with van der Waals surface area (Å²) in [7, 11) is 0. The zero-order chi connectivity index (χ0) is 15.9. The Hall–Kier alpha value is -1.75. The second-order valence-electron chi connectivity index (χ2n) is 4.67. The van der Waals surface area contributed by atoms with E-state index in [2.05, 4.69) is 0 Å². The van der Waals surface area contributed by atoms with Gasteiger partial charge in [-0.25, -0.2) is 0 Å². The standard InChI is InChI=1S/C15H8Cl3NO3/c16-9-2-4-14-8(5-9)6-13(19(20)21)15(22-14)11-3-1-10(17)7-12(11)18/h1-7,15H/t15-/m0/s1. The van der Waals surface area contributed by atoms with E-state index in [0.29, 0.717) is 31.9 Å². The smallest absolute Gasteiger partial charge is 0.291 e. The predicted octanol–water partition coefficient (Wildman–Crippen LogP) is 5.40. The van der Waals surface area contributed by atoms with Gasteiger partial charge in [0.2, 0.25) is 6.10 Å². The van der Waals surface area contributed by atoms with Crippen LogP contribution in [0.3, 0.4) is 0 Å². The van der Waals surface area contributed by atoms with Gasteiger partial charge in [-0.1, -0.05) is 40.9 Å². The highest BCUT2D eigenvalue weighted by molar-refractivity contribution is 6.35. The zero-order valence-electron chi connectivity index (χ0n) is 10.9. The van der Waals surface area contributed by atoms with Crippen LogP contribution < -0.4 is 4.74 Å². The Balaban J connectivity index is 2.13. The maximum absolute atomic E-state index is 11.4. The summed E-state index contributed by atoms with van der Waals surface area (Å²) in [6.45, 7) is 0. The van der Waals surface area contributed by atoms with E-state index in [9.17, 15) is 10.1 Å². The summed E-state index contributed by atoms with van der Waals surface area (Å²) >= 11 is 17.9. The topological polar surface area (TPSA) is 52.4 Å². The van der Waals surface area contributed by atoms with Gasteiger partial charge >= 0.3 is 0 Å². The number of rotatable bonds is 2. The summed E-state index contributed by atoms with van der Waals surface area (Å²) in [5, 5.41) is 12.6. The third-order valence-corrected chi connectivity index (χ3v) is 4.04. The first kappa shape index (κ1) is 15.2. The summed E-state index contributed by atoms with van der Waals surface area (Å²) in [4.78, 5) is 10.9.